The molecule has 0 atom stereocenters. The van der Waals surface area contributed by atoms with Crippen LogP contribution in [0.3, 0.4) is 0 Å². The first-order chi connectivity index (χ1) is 11.8. The minimum atomic E-state index is -4.42. The molecule has 0 radical (unpaired) electrons. The third-order valence-corrected chi connectivity index (χ3v) is 4.95. The van der Waals surface area contributed by atoms with Crippen molar-refractivity contribution in [3.8, 4) is 0 Å². The van der Waals surface area contributed by atoms with Crippen LogP contribution < -0.4 is 0 Å². The quantitative estimate of drug-likeness (QED) is 0.546. The fraction of sp³-hybridized carbons (Fsp3) is 0.111. The number of halogens is 3. The number of rotatable bonds is 3. The number of hydrogen-bond acceptors (Lipinski definition) is 3. The summed E-state index contributed by atoms with van der Waals surface area (Å²) in [5.41, 5.74) is 0.496. The van der Waals surface area contributed by atoms with Crippen molar-refractivity contribution in [3.63, 3.8) is 0 Å². The molecule has 0 unspecified atom stereocenters. The number of thioether (sulfide) groups is 1. The molecule has 3 rings (SSSR count). The smallest absolute Gasteiger partial charge is 0.288 e. The van der Waals surface area contributed by atoms with Crippen LogP contribution in [-0.2, 0) is 17.5 Å². The lowest BCUT2D eigenvalue weighted by atomic mass is 10.1. The summed E-state index contributed by atoms with van der Waals surface area (Å²) >= 11 is 6.34. The predicted molar refractivity (Wildman–Crippen MR) is 96.6 cm³/mol. The first kappa shape index (κ1) is 17.7. The van der Waals surface area contributed by atoms with Crippen LogP contribution in [0.2, 0.25) is 0 Å². The van der Waals surface area contributed by atoms with Gasteiger partial charge in [-0.3, -0.25) is 9.69 Å². The second kappa shape index (κ2) is 7.01. The number of hydrogen-bond donors (Lipinski definition) is 0. The van der Waals surface area contributed by atoms with Crippen molar-refractivity contribution >= 4 is 40.3 Å². The Bertz CT molecular complexity index is 847. The molecule has 0 aliphatic carbocycles. The van der Waals surface area contributed by atoms with Crippen molar-refractivity contribution in [1.29, 1.82) is 0 Å². The lowest BCUT2D eigenvalue weighted by Crippen LogP contribution is -2.27. The molecule has 0 saturated carbocycles. The summed E-state index contributed by atoms with van der Waals surface area (Å²) in [6, 6.07) is 14.2. The van der Waals surface area contributed by atoms with Crippen LogP contribution >= 0.6 is 24.0 Å². The Balaban J connectivity index is 1.83. The Labute approximate surface area is 152 Å². The molecule has 1 amide bonds. The SMILES string of the molecule is O=C1C(=Cc2cccc(C(F)(F)F)c2)SC(=S)N1Cc1ccccc1. The fourth-order valence-electron chi connectivity index (χ4n) is 2.36. The zero-order valence-electron chi connectivity index (χ0n) is 12.8. The predicted octanol–water partition coefficient (Wildman–Crippen LogP) is 5.11. The maximum absolute atomic E-state index is 12.8. The fourth-order valence-corrected chi connectivity index (χ4v) is 3.61. The van der Waals surface area contributed by atoms with E-state index < -0.39 is 11.7 Å². The largest absolute Gasteiger partial charge is 0.416 e. The molecule has 0 N–H and O–H groups in total. The minimum Gasteiger partial charge on any atom is -0.288 e. The molecule has 1 aliphatic rings. The highest BCUT2D eigenvalue weighted by molar-refractivity contribution is 8.26. The number of carbonyl (C=O) groups excluding carboxylic acids is 1. The zero-order chi connectivity index (χ0) is 18.0. The Morgan fingerprint density at radius 3 is 2.48 bits per heavy atom. The summed E-state index contributed by atoms with van der Waals surface area (Å²) in [5, 5.41) is 0. The minimum absolute atomic E-state index is 0.295. The molecule has 1 fully saturated rings. The lowest BCUT2D eigenvalue weighted by Gasteiger charge is -2.14. The lowest BCUT2D eigenvalue weighted by molar-refractivity contribution is -0.137. The van der Waals surface area contributed by atoms with Crippen LogP contribution in [0.25, 0.3) is 6.08 Å². The number of alkyl halides is 3. The molecule has 0 spiro atoms. The van der Waals surface area contributed by atoms with Crippen molar-refractivity contribution < 1.29 is 18.0 Å². The summed E-state index contributed by atoms with van der Waals surface area (Å²) in [6.07, 6.45) is -2.98. The molecule has 128 valence electrons. The van der Waals surface area contributed by atoms with Gasteiger partial charge in [-0.05, 0) is 29.3 Å². The number of nitrogens with zero attached hydrogens (tertiary/aromatic N) is 1. The molecule has 1 heterocycles. The van der Waals surface area contributed by atoms with E-state index in [4.69, 9.17) is 12.2 Å². The summed E-state index contributed by atoms with van der Waals surface area (Å²) in [5.74, 6) is -0.295. The zero-order valence-corrected chi connectivity index (χ0v) is 14.4. The maximum Gasteiger partial charge on any atom is 0.416 e. The molecule has 2 nitrogen and oxygen atoms in total. The molecule has 25 heavy (non-hydrogen) atoms. The van der Waals surface area contributed by atoms with Crippen LogP contribution in [-0.4, -0.2) is 15.1 Å². The highest BCUT2D eigenvalue weighted by atomic mass is 32.2. The van der Waals surface area contributed by atoms with E-state index in [1.54, 1.807) is 0 Å². The van der Waals surface area contributed by atoms with Gasteiger partial charge in [0.2, 0.25) is 0 Å². The third kappa shape index (κ3) is 4.11. The molecule has 1 saturated heterocycles. The monoisotopic (exact) mass is 379 g/mol. The molecule has 0 aromatic heterocycles. The van der Waals surface area contributed by atoms with Crippen LogP contribution in [0.15, 0.2) is 59.5 Å². The second-order valence-electron chi connectivity index (χ2n) is 5.38. The maximum atomic E-state index is 12.8. The van der Waals surface area contributed by atoms with Gasteiger partial charge in [0.25, 0.3) is 5.91 Å². The Kier molecular flexibility index (Phi) is 4.96. The van der Waals surface area contributed by atoms with Crippen LogP contribution in [0.4, 0.5) is 13.2 Å². The molecule has 2 aromatic rings. The molecule has 2 aromatic carbocycles. The molecular weight excluding hydrogens is 367 g/mol. The molecule has 1 aliphatic heterocycles. The van der Waals surface area contributed by atoms with Crippen LogP contribution in [0, 0.1) is 0 Å². The highest BCUT2D eigenvalue weighted by Crippen LogP contribution is 2.35. The van der Waals surface area contributed by atoms with Gasteiger partial charge in [-0.25, -0.2) is 0 Å². The van der Waals surface area contributed by atoms with Gasteiger partial charge in [-0.2, -0.15) is 13.2 Å². The summed E-state index contributed by atoms with van der Waals surface area (Å²) < 4.78 is 38.8. The first-order valence-electron chi connectivity index (χ1n) is 7.31. The summed E-state index contributed by atoms with van der Waals surface area (Å²) in [4.78, 5) is 14.3. The van der Waals surface area contributed by atoms with E-state index in [1.807, 2.05) is 30.3 Å². The Morgan fingerprint density at radius 2 is 1.80 bits per heavy atom. The standard InChI is InChI=1S/C18H12F3NOS2/c19-18(20,21)14-8-4-7-13(9-14)10-15-16(23)22(17(24)25-15)11-12-5-2-1-3-6-12/h1-10H,11H2. The summed E-state index contributed by atoms with van der Waals surface area (Å²) in [7, 11) is 0. The van der Waals surface area contributed by atoms with Gasteiger partial charge in [0.15, 0.2) is 0 Å². The summed E-state index contributed by atoms with van der Waals surface area (Å²) in [6.45, 7) is 0.339. The number of carbonyl (C=O) groups is 1. The average Bonchev–Trinajstić information content (AvgIpc) is 2.83. The Morgan fingerprint density at radius 1 is 1.08 bits per heavy atom. The van der Waals surface area contributed by atoms with E-state index in [-0.39, 0.29) is 5.91 Å². The van der Waals surface area contributed by atoms with Crippen molar-refractivity contribution in [1.82, 2.24) is 4.90 Å². The van der Waals surface area contributed by atoms with Crippen molar-refractivity contribution in [2.45, 2.75) is 12.7 Å². The number of benzene rings is 2. The van der Waals surface area contributed by atoms with E-state index >= 15 is 0 Å². The van der Waals surface area contributed by atoms with E-state index in [0.29, 0.717) is 21.3 Å². The van der Waals surface area contributed by atoms with Gasteiger partial charge in [0.1, 0.15) is 4.32 Å². The van der Waals surface area contributed by atoms with Gasteiger partial charge >= 0.3 is 6.18 Å². The second-order valence-corrected chi connectivity index (χ2v) is 7.05. The van der Waals surface area contributed by atoms with E-state index in [9.17, 15) is 18.0 Å². The van der Waals surface area contributed by atoms with Crippen LogP contribution in [0.5, 0.6) is 0 Å². The van der Waals surface area contributed by atoms with Gasteiger partial charge in [-0.15, -0.1) is 0 Å². The van der Waals surface area contributed by atoms with Crippen molar-refractivity contribution in [2.24, 2.45) is 0 Å². The first-order valence-corrected chi connectivity index (χ1v) is 8.53. The third-order valence-electron chi connectivity index (χ3n) is 3.57. The van der Waals surface area contributed by atoms with Gasteiger partial charge in [0, 0.05) is 0 Å². The number of amides is 1. The highest BCUT2D eigenvalue weighted by Gasteiger charge is 2.33. The topological polar surface area (TPSA) is 20.3 Å². The van der Waals surface area contributed by atoms with Gasteiger partial charge < -0.3 is 0 Å². The van der Waals surface area contributed by atoms with Gasteiger partial charge in [0.05, 0.1) is 17.0 Å². The number of thiocarbonyl (C=S) groups is 1. The van der Waals surface area contributed by atoms with Crippen molar-refractivity contribution in [3.05, 3.63) is 76.2 Å². The Hall–Kier alpha value is -2.12. The van der Waals surface area contributed by atoms with E-state index in [1.165, 1.54) is 23.1 Å². The molecule has 7 heteroatoms. The van der Waals surface area contributed by atoms with E-state index in [2.05, 4.69) is 0 Å². The molecular formula is C18H12F3NOS2. The normalized spacial score (nSPS) is 16.8. The van der Waals surface area contributed by atoms with E-state index in [0.717, 1.165) is 29.5 Å². The average molecular weight is 379 g/mol. The van der Waals surface area contributed by atoms with Crippen LogP contribution in [0.1, 0.15) is 16.7 Å². The van der Waals surface area contributed by atoms with Crippen molar-refractivity contribution in [2.75, 3.05) is 0 Å². The molecule has 0 bridgehead atoms. The van der Waals surface area contributed by atoms with Gasteiger partial charge in [-0.1, -0.05) is 66.4 Å².